The van der Waals surface area contributed by atoms with E-state index < -0.39 is 18.5 Å². The van der Waals surface area contributed by atoms with Gasteiger partial charge in [0, 0.05) is 7.11 Å². The molecule has 1 N–H and O–H groups in total. The molecular weight excluding hydrogens is 320 g/mol. The Morgan fingerprint density at radius 2 is 1.52 bits per heavy atom. The van der Waals surface area contributed by atoms with Gasteiger partial charge in [-0.2, -0.15) is 0 Å². The quantitative estimate of drug-likeness (QED) is 0.797. The number of aliphatic hydroxyl groups excluding tert-OH is 1. The maximum atomic E-state index is 10.4. The number of hydrogen-bond acceptors (Lipinski definition) is 5. The largest absolute Gasteiger partial charge is 0.385 e. The molecule has 1 aliphatic heterocycles. The highest BCUT2D eigenvalue weighted by molar-refractivity contribution is 5.14. The molecule has 4 atom stereocenters. The highest BCUT2D eigenvalue weighted by Gasteiger charge is 2.44. The van der Waals surface area contributed by atoms with E-state index >= 15 is 0 Å². The topological polar surface area (TPSA) is 57.2 Å². The zero-order valence-corrected chi connectivity index (χ0v) is 14.3. The van der Waals surface area contributed by atoms with Crippen LogP contribution in [0.2, 0.25) is 0 Å². The second-order valence-corrected chi connectivity index (χ2v) is 6.03. The van der Waals surface area contributed by atoms with Crippen molar-refractivity contribution in [1.29, 1.82) is 0 Å². The van der Waals surface area contributed by atoms with Gasteiger partial charge in [0.15, 0.2) is 6.29 Å². The molecule has 0 amide bonds. The van der Waals surface area contributed by atoms with Gasteiger partial charge in [-0.15, -0.1) is 0 Å². The van der Waals surface area contributed by atoms with Gasteiger partial charge in [0.2, 0.25) is 0 Å². The normalized spacial score (nSPS) is 26.0. The van der Waals surface area contributed by atoms with Crippen LogP contribution in [0.5, 0.6) is 0 Å². The minimum Gasteiger partial charge on any atom is -0.385 e. The zero-order valence-electron chi connectivity index (χ0n) is 14.3. The fourth-order valence-electron chi connectivity index (χ4n) is 2.87. The highest BCUT2D eigenvalue weighted by atomic mass is 16.7. The van der Waals surface area contributed by atoms with E-state index in [2.05, 4.69) is 0 Å². The van der Waals surface area contributed by atoms with Gasteiger partial charge in [-0.1, -0.05) is 60.7 Å². The number of benzene rings is 2. The number of methoxy groups -OCH3 is 1. The first-order chi connectivity index (χ1) is 12.3. The van der Waals surface area contributed by atoms with Crippen LogP contribution in [0, 0.1) is 0 Å². The van der Waals surface area contributed by atoms with Gasteiger partial charge < -0.3 is 24.1 Å². The van der Waals surface area contributed by atoms with Crippen LogP contribution in [0.4, 0.5) is 0 Å². The lowest BCUT2D eigenvalue weighted by Gasteiger charge is -2.20. The van der Waals surface area contributed by atoms with Crippen molar-refractivity contribution in [2.45, 2.75) is 37.8 Å². The molecule has 5 heteroatoms. The Balaban J connectivity index is 1.55. The first-order valence-corrected chi connectivity index (χ1v) is 8.41. The number of hydrogen-bond donors (Lipinski definition) is 1. The van der Waals surface area contributed by atoms with Crippen LogP contribution >= 0.6 is 0 Å². The van der Waals surface area contributed by atoms with Gasteiger partial charge in [-0.05, 0) is 11.1 Å². The lowest BCUT2D eigenvalue weighted by molar-refractivity contribution is -0.156. The molecule has 1 heterocycles. The van der Waals surface area contributed by atoms with Crippen molar-refractivity contribution in [3.05, 3.63) is 71.8 Å². The fraction of sp³-hybridized carbons (Fsp3) is 0.400. The van der Waals surface area contributed by atoms with E-state index in [9.17, 15) is 5.11 Å². The molecule has 0 aromatic heterocycles. The van der Waals surface area contributed by atoms with E-state index in [1.165, 1.54) is 7.11 Å². The lowest BCUT2D eigenvalue weighted by Crippen LogP contribution is -2.37. The molecule has 0 spiro atoms. The molecule has 0 bridgehead atoms. The first-order valence-electron chi connectivity index (χ1n) is 8.41. The highest BCUT2D eigenvalue weighted by Crippen LogP contribution is 2.26. The van der Waals surface area contributed by atoms with Crippen LogP contribution in [-0.4, -0.2) is 43.4 Å². The third kappa shape index (κ3) is 4.87. The fourth-order valence-corrected chi connectivity index (χ4v) is 2.87. The Kier molecular flexibility index (Phi) is 6.55. The van der Waals surface area contributed by atoms with Crippen molar-refractivity contribution < 1.29 is 24.1 Å². The predicted octanol–water partition coefficient (Wildman–Crippen LogP) is 2.52. The Morgan fingerprint density at radius 3 is 2.12 bits per heavy atom. The summed E-state index contributed by atoms with van der Waals surface area (Å²) in [5, 5.41) is 10.4. The molecule has 134 valence electrons. The van der Waals surface area contributed by atoms with Crippen LogP contribution < -0.4 is 0 Å². The van der Waals surface area contributed by atoms with E-state index in [0.29, 0.717) is 19.8 Å². The first kappa shape index (κ1) is 18.0. The maximum Gasteiger partial charge on any atom is 0.186 e. The van der Waals surface area contributed by atoms with Crippen molar-refractivity contribution in [3.63, 3.8) is 0 Å². The van der Waals surface area contributed by atoms with E-state index in [1.807, 2.05) is 60.7 Å². The average molecular weight is 344 g/mol. The Labute approximate surface area is 148 Å². The minimum absolute atomic E-state index is 0.325. The van der Waals surface area contributed by atoms with Gasteiger partial charge >= 0.3 is 0 Å². The molecule has 0 saturated carbocycles. The molecule has 3 rings (SSSR count). The summed E-state index contributed by atoms with van der Waals surface area (Å²) in [5.41, 5.74) is 2.13. The Morgan fingerprint density at radius 1 is 0.920 bits per heavy atom. The number of aliphatic hydroxyl groups is 1. The van der Waals surface area contributed by atoms with Crippen LogP contribution in [0.1, 0.15) is 11.1 Å². The molecule has 1 aliphatic rings. The minimum atomic E-state index is -0.848. The van der Waals surface area contributed by atoms with Crippen molar-refractivity contribution >= 4 is 0 Å². The molecule has 0 aliphatic carbocycles. The Hall–Kier alpha value is -1.76. The maximum absolute atomic E-state index is 10.4. The number of rotatable bonds is 8. The summed E-state index contributed by atoms with van der Waals surface area (Å²) >= 11 is 0. The second-order valence-electron chi connectivity index (χ2n) is 6.03. The molecular formula is C20H24O5. The van der Waals surface area contributed by atoms with Gasteiger partial charge in [0.1, 0.15) is 18.3 Å². The van der Waals surface area contributed by atoms with Crippen LogP contribution in [-0.2, 0) is 32.2 Å². The van der Waals surface area contributed by atoms with Gasteiger partial charge in [-0.25, -0.2) is 0 Å². The second kappa shape index (κ2) is 9.08. The van der Waals surface area contributed by atoms with E-state index in [0.717, 1.165) is 11.1 Å². The SMILES string of the molecule is CO[C@@H]1O[C@H](COCc2ccccc2)[C@H](OCc2ccccc2)[C@H]1O. The average Bonchev–Trinajstić information content (AvgIpc) is 2.97. The third-order valence-corrected chi connectivity index (χ3v) is 4.20. The molecule has 2 aromatic rings. The molecule has 0 unspecified atom stereocenters. The molecule has 1 saturated heterocycles. The summed E-state index contributed by atoms with van der Waals surface area (Å²) in [5.74, 6) is 0. The molecule has 25 heavy (non-hydrogen) atoms. The van der Waals surface area contributed by atoms with E-state index in [-0.39, 0.29) is 6.10 Å². The number of ether oxygens (including phenoxy) is 4. The van der Waals surface area contributed by atoms with Crippen molar-refractivity contribution in [2.24, 2.45) is 0 Å². The van der Waals surface area contributed by atoms with E-state index in [1.54, 1.807) is 0 Å². The summed E-state index contributed by atoms with van der Waals surface area (Å²) in [6.07, 6.45) is -2.43. The standard InChI is InChI=1S/C20H24O5/c1-22-20-18(21)19(24-13-16-10-6-3-7-11-16)17(25-20)14-23-12-15-8-4-2-5-9-15/h2-11,17-21H,12-14H2,1H3/t17-,18-,19+,20-/m1/s1. The monoisotopic (exact) mass is 344 g/mol. The lowest BCUT2D eigenvalue weighted by atomic mass is 10.1. The summed E-state index contributed by atoms with van der Waals surface area (Å²) in [6, 6.07) is 19.8. The van der Waals surface area contributed by atoms with Crippen molar-refractivity contribution in [2.75, 3.05) is 13.7 Å². The molecule has 0 radical (unpaired) electrons. The summed E-state index contributed by atoms with van der Waals surface area (Å²) < 4.78 is 22.6. The van der Waals surface area contributed by atoms with Crippen LogP contribution in [0.3, 0.4) is 0 Å². The molecule has 5 nitrogen and oxygen atoms in total. The van der Waals surface area contributed by atoms with Crippen molar-refractivity contribution in [3.8, 4) is 0 Å². The van der Waals surface area contributed by atoms with Crippen LogP contribution in [0.25, 0.3) is 0 Å². The van der Waals surface area contributed by atoms with Gasteiger partial charge in [0.05, 0.1) is 19.8 Å². The van der Waals surface area contributed by atoms with E-state index in [4.69, 9.17) is 18.9 Å². The summed E-state index contributed by atoms with van der Waals surface area (Å²) in [4.78, 5) is 0. The molecule has 2 aromatic carbocycles. The summed E-state index contributed by atoms with van der Waals surface area (Å²) in [6.45, 7) is 1.21. The summed E-state index contributed by atoms with van der Waals surface area (Å²) in [7, 11) is 1.51. The Bertz CT molecular complexity index is 618. The zero-order chi connectivity index (χ0) is 17.5. The van der Waals surface area contributed by atoms with Crippen molar-refractivity contribution in [1.82, 2.24) is 0 Å². The van der Waals surface area contributed by atoms with Gasteiger partial charge in [0.25, 0.3) is 0 Å². The smallest absolute Gasteiger partial charge is 0.186 e. The van der Waals surface area contributed by atoms with Gasteiger partial charge in [-0.3, -0.25) is 0 Å². The predicted molar refractivity (Wildman–Crippen MR) is 92.8 cm³/mol. The third-order valence-electron chi connectivity index (χ3n) is 4.20. The molecule has 1 fully saturated rings. The van der Waals surface area contributed by atoms with Crippen LogP contribution in [0.15, 0.2) is 60.7 Å².